The summed E-state index contributed by atoms with van der Waals surface area (Å²) < 4.78 is 0. The molecular weight excluding hydrogens is 260 g/mol. The average Bonchev–Trinajstić information content (AvgIpc) is 2.50. The Balaban J connectivity index is 1.87. The third kappa shape index (κ3) is 2.77. The molecule has 104 valence electrons. The summed E-state index contributed by atoms with van der Waals surface area (Å²) in [6, 6.07) is 17.2. The topological polar surface area (TPSA) is 56.0 Å². The number of hydrogen-bond donors (Lipinski definition) is 1. The average molecular weight is 276 g/mol. The number of aryl methyl sites for hydroxylation is 1. The van der Waals surface area contributed by atoms with Crippen LogP contribution >= 0.6 is 0 Å². The SMILES string of the molecule is Cc1ccc(C(=O)Cc2ccc3ccccc3n2)cc1N. The number of pyridine rings is 1. The Hall–Kier alpha value is -2.68. The first-order valence-corrected chi connectivity index (χ1v) is 6.87. The number of Topliss-reactive ketones (excluding diaryl/α,β-unsaturated/α-hetero) is 1. The summed E-state index contributed by atoms with van der Waals surface area (Å²) in [4.78, 5) is 16.8. The molecule has 0 aliphatic rings. The predicted octanol–water partition coefficient (Wildman–Crippen LogP) is 3.55. The van der Waals surface area contributed by atoms with Crippen LogP contribution in [0.3, 0.4) is 0 Å². The van der Waals surface area contributed by atoms with Crippen molar-refractivity contribution in [1.29, 1.82) is 0 Å². The number of aromatic nitrogens is 1. The van der Waals surface area contributed by atoms with Crippen molar-refractivity contribution in [2.45, 2.75) is 13.3 Å². The molecule has 1 aromatic heterocycles. The van der Waals surface area contributed by atoms with Gasteiger partial charge in [-0.05, 0) is 30.7 Å². The molecule has 0 saturated heterocycles. The Labute approximate surface area is 123 Å². The van der Waals surface area contributed by atoms with E-state index in [-0.39, 0.29) is 12.2 Å². The van der Waals surface area contributed by atoms with Gasteiger partial charge in [0, 0.05) is 22.3 Å². The standard InChI is InChI=1S/C18H16N2O/c1-12-6-7-14(10-16(12)19)18(21)11-15-9-8-13-4-2-3-5-17(13)20-15/h2-10H,11,19H2,1H3. The second-order valence-corrected chi connectivity index (χ2v) is 5.17. The Morgan fingerprint density at radius 1 is 1.10 bits per heavy atom. The van der Waals surface area contributed by atoms with Crippen molar-refractivity contribution in [3.63, 3.8) is 0 Å². The molecular formula is C18H16N2O. The lowest BCUT2D eigenvalue weighted by molar-refractivity contribution is 0.0992. The number of fused-ring (bicyclic) bond motifs is 1. The molecule has 0 radical (unpaired) electrons. The summed E-state index contributed by atoms with van der Waals surface area (Å²) in [5.74, 6) is 0.0319. The van der Waals surface area contributed by atoms with Gasteiger partial charge in [0.15, 0.2) is 5.78 Å². The van der Waals surface area contributed by atoms with Gasteiger partial charge in [-0.25, -0.2) is 0 Å². The van der Waals surface area contributed by atoms with E-state index in [1.807, 2.05) is 55.5 Å². The van der Waals surface area contributed by atoms with Crippen LogP contribution in [-0.2, 0) is 6.42 Å². The van der Waals surface area contributed by atoms with Crippen molar-refractivity contribution in [2.24, 2.45) is 0 Å². The first-order valence-electron chi connectivity index (χ1n) is 6.87. The van der Waals surface area contributed by atoms with E-state index in [9.17, 15) is 4.79 Å². The minimum Gasteiger partial charge on any atom is -0.398 e. The van der Waals surface area contributed by atoms with Gasteiger partial charge in [0.2, 0.25) is 0 Å². The fourth-order valence-electron chi connectivity index (χ4n) is 2.29. The van der Waals surface area contributed by atoms with Crippen LogP contribution in [0.25, 0.3) is 10.9 Å². The van der Waals surface area contributed by atoms with Gasteiger partial charge in [0.05, 0.1) is 11.9 Å². The molecule has 3 heteroatoms. The van der Waals surface area contributed by atoms with E-state index in [1.165, 1.54) is 0 Å². The van der Waals surface area contributed by atoms with Crippen molar-refractivity contribution in [3.8, 4) is 0 Å². The van der Waals surface area contributed by atoms with Crippen LogP contribution in [0.5, 0.6) is 0 Å². The third-order valence-corrected chi connectivity index (χ3v) is 3.60. The van der Waals surface area contributed by atoms with Gasteiger partial charge in [-0.15, -0.1) is 0 Å². The Kier molecular flexibility index (Phi) is 3.40. The van der Waals surface area contributed by atoms with Gasteiger partial charge in [-0.2, -0.15) is 0 Å². The fraction of sp³-hybridized carbons (Fsp3) is 0.111. The van der Waals surface area contributed by atoms with Crippen LogP contribution in [0.2, 0.25) is 0 Å². The number of hydrogen-bond acceptors (Lipinski definition) is 3. The van der Waals surface area contributed by atoms with E-state index < -0.39 is 0 Å². The number of carbonyl (C=O) groups is 1. The normalized spacial score (nSPS) is 10.7. The van der Waals surface area contributed by atoms with Crippen molar-refractivity contribution >= 4 is 22.4 Å². The van der Waals surface area contributed by atoms with Crippen molar-refractivity contribution < 1.29 is 4.79 Å². The maximum Gasteiger partial charge on any atom is 0.168 e. The van der Waals surface area contributed by atoms with Crippen LogP contribution in [0.4, 0.5) is 5.69 Å². The number of nitrogen functional groups attached to an aromatic ring is 1. The number of benzene rings is 2. The number of ketones is 1. The highest BCUT2D eigenvalue weighted by molar-refractivity contribution is 5.98. The maximum atomic E-state index is 12.3. The van der Waals surface area contributed by atoms with Crippen LogP contribution in [-0.4, -0.2) is 10.8 Å². The lowest BCUT2D eigenvalue weighted by atomic mass is 10.0. The van der Waals surface area contributed by atoms with Crippen LogP contribution in [0, 0.1) is 6.92 Å². The van der Waals surface area contributed by atoms with Crippen molar-refractivity contribution in [3.05, 3.63) is 71.4 Å². The van der Waals surface area contributed by atoms with Crippen molar-refractivity contribution in [1.82, 2.24) is 4.98 Å². The van der Waals surface area contributed by atoms with E-state index >= 15 is 0 Å². The van der Waals surface area contributed by atoms with Crippen LogP contribution in [0.1, 0.15) is 21.6 Å². The third-order valence-electron chi connectivity index (χ3n) is 3.60. The van der Waals surface area contributed by atoms with Gasteiger partial charge in [0.1, 0.15) is 0 Å². The van der Waals surface area contributed by atoms with Gasteiger partial charge < -0.3 is 5.73 Å². The number of nitrogens with two attached hydrogens (primary N) is 1. The van der Waals surface area contributed by atoms with Crippen molar-refractivity contribution in [2.75, 3.05) is 5.73 Å². The lowest BCUT2D eigenvalue weighted by Gasteiger charge is -2.05. The summed E-state index contributed by atoms with van der Waals surface area (Å²) in [5.41, 5.74) is 9.80. The molecule has 0 aliphatic heterocycles. The van der Waals surface area contributed by atoms with Gasteiger partial charge in [-0.3, -0.25) is 9.78 Å². The molecule has 0 spiro atoms. The van der Waals surface area contributed by atoms with E-state index in [2.05, 4.69) is 4.98 Å². The summed E-state index contributed by atoms with van der Waals surface area (Å²) in [6.45, 7) is 1.93. The largest absolute Gasteiger partial charge is 0.398 e. The predicted molar refractivity (Wildman–Crippen MR) is 85.4 cm³/mol. The van der Waals surface area contributed by atoms with E-state index in [1.54, 1.807) is 6.07 Å². The molecule has 2 aromatic carbocycles. The molecule has 2 N–H and O–H groups in total. The van der Waals surface area contributed by atoms with Gasteiger partial charge in [0.25, 0.3) is 0 Å². The number of para-hydroxylation sites is 1. The lowest BCUT2D eigenvalue weighted by Crippen LogP contribution is -2.06. The zero-order valence-electron chi connectivity index (χ0n) is 11.8. The van der Waals surface area contributed by atoms with Gasteiger partial charge in [-0.1, -0.05) is 36.4 Å². The number of anilines is 1. The minimum atomic E-state index is 0.0319. The molecule has 0 fully saturated rings. The first kappa shape index (κ1) is 13.3. The quantitative estimate of drug-likeness (QED) is 0.588. The molecule has 3 rings (SSSR count). The highest BCUT2D eigenvalue weighted by atomic mass is 16.1. The Bertz CT molecular complexity index is 824. The molecule has 0 atom stereocenters. The molecule has 0 aliphatic carbocycles. The molecule has 1 heterocycles. The van der Waals surface area contributed by atoms with Crippen LogP contribution in [0.15, 0.2) is 54.6 Å². The van der Waals surface area contributed by atoms with E-state index in [0.29, 0.717) is 11.3 Å². The summed E-state index contributed by atoms with van der Waals surface area (Å²) in [5, 5.41) is 1.08. The summed E-state index contributed by atoms with van der Waals surface area (Å²) in [7, 11) is 0. The maximum absolute atomic E-state index is 12.3. The summed E-state index contributed by atoms with van der Waals surface area (Å²) in [6.07, 6.45) is 0.285. The second-order valence-electron chi connectivity index (χ2n) is 5.17. The zero-order chi connectivity index (χ0) is 14.8. The highest BCUT2D eigenvalue weighted by Gasteiger charge is 2.09. The highest BCUT2D eigenvalue weighted by Crippen LogP contribution is 2.16. The Morgan fingerprint density at radius 2 is 1.90 bits per heavy atom. The van der Waals surface area contributed by atoms with Gasteiger partial charge >= 0.3 is 0 Å². The first-order chi connectivity index (χ1) is 10.1. The number of rotatable bonds is 3. The molecule has 3 aromatic rings. The smallest absolute Gasteiger partial charge is 0.168 e. The number of carbonyl (C=O) groups excluding carboxylic acids is 1. The fourth-order valence-corrected chi connectivity index (χ4v) is 2.29. The van der Waals surface area contributed by atoms with Crippen LogP contribution < -0.4 is 5.73 Å². The minimum absolute atomic E-state index is 0.0319. The Morgan fingerprint density at radius 3 is 2.71 bits per heavy atom. The van der Waals surface area contributed by atoms with E-state index in [0.717, 1.165) is 22.2 Å². The number of nitrogens with zero attached hydrogens (tertiary/aromatic N) is 1. The summed E-state index contributed by atoms with van der Waals surface area (Å²) >= 11 is 0. The van der Waals surface area contributed by atoms with E-state index in [4.69, 9.17) is 5.73 Å². The second kappa shape index (κ2) is 5.37. The molecule has 0 saturated carbocycles. The molecule has 0 unspecified atom stereocenters. The zero-order valence-corrected chi connectivity index (χ0v) is 11.8. The monoisotopic (exact) mass is 276 g/mol. The molecule has 0 bridgehead atoms. The molecule has 3 nitrogen and oxygen atoms in total. The molecule has 21 heavy (non-hydrogen) atoms. The molecule has 0 amide bonds.